The van der Waals surface area contributed by atoms with Crippen LogP contribution in [0, 0.1) is 5.82 Å². The lowest BCUT2D eigenvalue weighted by molar-refractivity contribution is -0.118. The number of hydrogen-bond acceptors (Lipinski definition) is 3. The van der Waals surface area contributed by atoms with E-state index in [0.717, 1.165) is 10.5 Å². The van der Waals surface area contributed by atoms with E-state index < -0.39 is 11.7 Å². The van der Waals surface area contributed by atoms with Crippen LogP contribution in [-0.4, -0.2) is 18.4 Å². The number of carbonyl (C=O) groups is 2. The van der Waals surface area contributed by atoms with Gasteiger partial charge in [-0.2, -0.15) is 0 Å². The Hall–Kier alpha value is -3.19. The van der Waals surface area contributed by atoms with E-state index in [2.05, 4.69) is 26.6 Å². The van der Waals surface area contributed by atoms with Crippen molar-refractivity contribution in [3.05, 3.63) is 88.6 Å². The van der Waals surface area contributed by atoms with Gasteiger partial charge in [-0.25, -0.2) is 4.39 Å². The zero-order valence-corrected chi connectivity index (χ0v) is 16.2. The molecule has 3 aromatic rings. The number of amides is 2. The van der Waals surface area contributed by atoms with Gasteiger partial charge < -0.3 is 15.4 Å². The summed E-state index contributed by atoms with van der Waals surface area (Å²) < 4.78 is 19.9. The van der Waals surface area contributed by atoms with Crippen molar-refractivity contribution in [3.63, 3.8) is 0 Å². The van der Waals surface area contributed by atoms with Crippen LogP contribution in [-0.2, 0) is 4.79 Å². The molecule has 0 spiro atoms. The molecule has 3 rings (SSSR count). The quantitative estimate of drug-likeness (QED) is 0.572. The molecule has 0 aliphatic heterocycles. The smallest absolute Gasteiger partial charge is 0.262 e. The molecule has 2 amide bonds. The zero-order chi connectivity index (χ0) is 19.9. The minimum absolute atomic E-state index is 0.0650. The van der Waals surface area contributed by atoms with Crippen molar-refractivity contribution in [1.82, 2.24) is 0 Å². The Morgan fingerprint density at radius 2 is 1.64 bits per heavy atom. The molecule has 3 aromatic carbocycles. The van der Waals surface area contributed by atoms with E-state index in [9.17, 15) is 14.0 Å². The van der Waals surface area contributed by atoms with E-state index in [4.69, 9.17) is 4.74 Å². The molecule has 0 aliphatic carbocycles. The molecule has 0 fully saturated rings. The second-order valence-electron chi connectivity index (χ2n) is 5.80. The third-order valence-electron chi connectivity index (χ3n) is 3.71. The molecule has 0 radical (unpaired) electrons. The monoisotopic (exact) mass is 442 g/mol. The Labute approximate surface area is 169 Å². The molecule has 2 N–H and O–H groups in total. The van der Waals surface area contributed by atoms with E-state index in [-0.39, 0.29) is 24.0 Å². The Morgan fingerprint density at radius 1 is 0.929 bits per heavy atom. The average Bonchev–Trinajstić information content (AvgIpc) is 2.70. The molecule has 142 valence electrons. The van der Waals surface area contributed by atoms with Gasteiger partial charge in [0.2, 0.25) is 0 Å². The molecule has 0 saturated carbocycles. The molecular weight excluding hydrogens is 427 g/mol. The summed E-state index contributed by atoms with van der Waals surface area (Å²) in [5.41, 5.74) is 1.33. The maximum atomic E-state index is 13.6. The van der Waals surface area contributed by atoms with Gasteiger partial charge in [0.25, 0.3) is 11.8 Å². The van der Waals surface area contributed by atoms with Crippen LogP contribution in [0.5, 0.6) is 5.75 Å². The lowest BCUT2D eigenvalue weighted by Gasteiger charge is -2.13. The third-order valence-corrected chi connectivity index (χ3v) is 4.24. The average molecular weight is 443 g/mol. The van der Waals surface area contributed by atoms with Crippen molar-refractivity contribution in [2.45, 2.75) is 0 Å². The van der Waals surface area contributed by atoms with Gasteiger partial charge in [0.05, 0.1) is 5.69 Å². The maximum Gasteiger partial charge on any atom is 0.262 e. The van der Waals surface area contributed by atoms with Gasteiger partial charge in [0, 0.05) is 21.8 Å². The zero-order valence-electron chi connectivity index (χ0n) is 14.6. The lowest BCUT2D eigenvalue weighted by atomic mass is 10.2. The molecule has 0 atom stereocenters. The molecule has 0 bridgehead atoms. The van der Waals surface area contributed by atoms with Crippen LogP contribution in [0.1, 0.15) is 10.4 Å². The second-order valence-corrected chi connectivity index (χ2v) is 6.72. The molecule has 28 heavy (non-hydrogen) atoms. The van der Waals surface area contributed by atoms with Crippen LogP contribution in [0.3, 0.4) is 0 Å². The molecular formula is C21H16BrFN2O3. The summed E-state index contributed by atoms with van der Waals surface area (Å²) in [6.07, 6.45) is 0. The van der Waals surface area contributed by atoms with Gasteiger partial charge in [0.1, 0.15) is 11.6 Å². The number of hydrogen-bond donors (Lipinski definition) is 2. The van der Waals surface area contributed by atoms with Crippen molar-refractivity contribution < 1.29 is 18.7 Å². The van der Waals surface area contributed by atoms with Crippen LogP contribution in [0.25, 0.3) is 0 Å². The van der Waals surface area contributed by atoms with Crippen molar-refractivity contribution >= 4 is 39.1 Å². The van der Waals surface area contributed by atoms with Crippen LogP contribution >= 0.6 is 15.9 Å². The molecule has 0 aromatic heterocycles. The van der Waals surface area contributed by atoms with Gasteiger partial charge in [-0.1, -0.05) is 34.1 Å². The van der Waals surface area contributed by atoms with Crippen LogP contribution in [0.2, 0.25) is 0 Å². The van der Waals surface area contributed by atoms with Crippen molar-refractivity contribution in [1.29, 1.82) is 0 Å². The molecule has 0 saturated heterocycles. The highest BCUT2D eigenvalue weighted by Crippen LogP contribution is 2.26. The lowest BCUT2D eigenvalue weighted by Crippen LogP contribution is -2.21. The Morgan fingerprint density at radius 3 is 2.36 bits per heavy atom. The van der Waals surface area contributed by atoms with E-state index in [0.29, 0.717) is 11.3 Å². The number of carbonyl (C=O) groups excluding carboxylic acids is 2. The predicted molar refractivity (Wildman–Crippen MR) is 109 cm³/mol. The minimum Gasteiger partial charge on any atom is -0.481 e. The first-order valence-corrected chi connectivity index (χ1v) is 9.15. The van der Waals surface area contributed by atoms with Gasteiger partial charge in [-0.05, 0) is 48.5 Å². The number of benzene rings is 3. The van der Waals surface area contributed by atoms with E-state index in [1.165, 1.54) is 12.1 Å². The standard InChI is InChI=1S/C21H16BrFN2O3/c22-15-6-9-17(10-7-15)24-20(26)13-28-19-12-16(23)8-11-18(19)25-21(27)14-4-2-1-3-5-14/h1-12H,13H2,(H,24,26)(H,25,27). The van der Waals surface area contributed by atoms with Crippen molar-refractivity contribution in [2.75, 3.05) is 17.2 Å². The number of ether oxygens (including phenoxy) is 1. The predicted octanol–water partition coefficient (Wildman–Crippen LogP) is 4.86. The summed E-state index contributed by atoms with van der Waals surface area (Å²) in [7, 11) is 0. The van der Waals surface area contributed by atoms with Gasteiger partial charge in [0.15, 0.2) is 6.61 Å². The molecule has 7 heteroatoms. The number of anilines is 2. The fourth-order valence-corrected chi connectivity index (χ4v) is 2.64. The topological polar surface area (TPSA) is 67.4 Å². The van der Waals surface area contributed by atoms with Crippen LogP contribution in [0.4, 0.5) is 15.8 Å². The number of nitrogens with one attached hydrogen (secondary N) is 2. The highest BCUT2D eigenvalue weighted by Gasteiger charge is 2.12. The summed E-state index contributed by atoms with van der Waals surface area (Å²) >= 11 is 3.32. The summed E-state index contributed by atoms with van der Waals surface area (Å²) in [6.45, 7) is -0.340. The second kappa shape index (κ2) is 9.14. The normalized spacial score (nSPS) is 10.2. The Kier molecular flexibility index (Phi) is 6.39. The Bertz CT molecular complexity index is 979. The highest BCUT2D eigenvalue weighted by atomic mass is 79.9. The summed E-state index contributed by atoms with van der Waals surface area (Å²) in [6, 6.07) is 19.4. The van der Waals surface area contributed by atoms with Crippen LogP contribution < -0.4 is 15.4 Å². The fourth-order valence-electron chi connectivity index (χ4n) is 2.38. The largest absolute Gasteiger partial charge is 0.481 e. The van der Waals surface area contributed by atoms with Gasteiger partial charge >= 0.3 is 0 Å². The van der Waals surface area contributed by atoms with E-state index in [1.54, 1.807) is 54.6 Å². The molecule has 0 heterocycles. The van der Waals surface area contributed by atoms with E-state index >= 15 is 0 Å². The third kappa shape index (κ3) is 5.40. The molecule has 0 aliphatic rings. The highest BCUT2D eigenvalue weighted by molar-refractivity contribution is 9.10. The van der Waals surface area contributed by atoms with E-state index in [1.807, 2.05) is 0 Å². The summed E-state index contributed by atoms with van der Waals surface area (Å²) in [4.78, 5) is 24.4. The number of rotatable bonds is 6. The van der Waals surface area contributed by atoms with Crippen molar-refractivity contribution in [2.24, 2.45) is 0 Å². The fraction of sp³-hybridized carbons (Fsp3) is 0.0476. The first kappa shape index (κ1) is 19.6. The first-order valence-electron chi connectivity index (χ1n) is 8.35. The summed E-state index contributed by atoms with van der Waals surface area (Å²) in [5, 5.41) is 5.34. The van der Waals surface area contributed by atoms with Gasteiger partial charge in [-0.3, -0.25) is 9.59 Å². The van der Waals surface area contributed by atoms with Gasteiger partial charge in [-0.15, -0.1) is 0 Å². The first-order chi connectivity index (χ1) is 13.5. The summed E-state index contributed by atoms with van der Waals surface area (Å²) in [5.74, 6) is -1.25. The molecule has 0 unspecified atom stereocenters. The Balaban J connectivity index is 1.66. The number of halogens is 2. The molecule has 5 nitrogen and oxygen atoms in total. The minimum atomic E-state index is -0.541. The SMILES string of the molecule is O=C(COc1cc(F)ccc1NC(=O)c1ccccc1)Nc1ccc(Br)cc1. The van der Waals surface area contributed by atoms with Crippen LogP contribution in [0.15, 0.2) is 77.3 Å². The maximum absolute atomic E-state index is 13.6. The van der Waals surface area contributed by atoms with Crippen molar-refractivity contribution in [3.8, 4) is 5.75 Å².